The molecule has 0 N–H and O–H groups in total. The summed E-state index contributed by atoms with van der Waals surface area (Å²) >= 11 is 0. The van der Waals surface area contributed by atoms with Crippen LogP contribution in [0.4, 0.5) is 0 Å². The molecule has 0 unspecified atom stereocenters. The van der Waals surface area contributed by atoms with E-state index in [9.17, 15) is 9.59 Å². The minimum atomic E-state index is -0.259. The van der Waals surface area contributed by atoms with Crippen LogP contribution in [-0.2, 0) is 17.9 Å². The summed E-state index contributed by atoms with van der Waals surface area (Å²) in [6.45, 7) is 2.13. The molecular formula is C22H21N5O2. The lowest BCUT2D eigenvalue weighted by molar-refractivity contribution is -0.131. The number of carbonyl (C=O) groups excluding carboxylic acids is 1. The van der Waals surface area contributed by atoms with Crippen molar-refractivity contribution >= 4 is 16.7 Å². The maximum atomic E-state index is 12.7. The van der Waals surface area contributed by atoms with Gasteiger partial charge < -0.3 is 4.90 Å². The normalized spacial score (nSPS) is 11.0. The van der Waals surface area contributed by atoms with Crippen molar-refractivity contribution in [2.24, 2.45) is 0 Å². The molecule has 0 bridgehead atoms. The molecule has 0 saturated carbocycles. The zero-order valence-corrected chi connectivity index (χ0v) is 16.3. The van der Waals surface area contributed by atoms with Crippen molar-refractivity contribution in [2.75, 3.05) is 7.05 Å². The van der Waals surface area contributed by atoms with E-state index in [0.717, 1.165) is 22.3 Å². The third kappa shape index (κ3) is 3.80. The van der Waals surface area contributed by atoms with Crippen molar-refractivity contribution < 1.29 is 4.79 Å². The van der Waals surface area contributed by atoms with Gasteiger partial charge in [0.1, 0.15) is 6.54 Å². The van der Waals surface area contributed by atoms with Gasteiger partial charge in [0.25, 0.3) is 5.56 Å². The maximum absolute atomic E-state index is 12.7. The fourth-order valence-corrected chi connectivity index (χ4v) is 3.29. The lowest BCUT2D eigenvalue weighted by Crippen LogP contribution is -2.35. The Labute approximate surface area is 167 Å². The summed E-state index contributed by atoms with van der Waals surface area (Å²) in [6, 6.07) is 17.1. The summed E-state index contributed by atoms with van der Waals surface area (Å²) in [5.74, 6) is -0.193. The van der Waals surface area contributed by atoms with Crippen LogP contribution in [0, 0.1) is 6.92 Å². The van der Waals surface area contributed by atoms with Gasteiger partial charge in [-0.05, 0) is 25.1 Å². The molecule has 1 amide bonds. The van der Waals surface area contributed by atoms with E-state index in [2.05, 4.69) is 10.2 Å². The standard InChI is InChI=1S/C22H21N5O2/c1-16-19-10-6-7-11-20(19)22(29)27(24-16)15-21(28)25(2)13-17-12-23-26(14-17)18-8-4-3-5-9-18/h3-12,14H,13,15H2,1-2H3. The summed E-state index contributed by atoms with van der Waals surface area (Å²) in [6.07, 6.45) is 3.63. The molecule has 0 aliphatic carbocycles. The molecule has 0 fully saturated rings. The Hall–Kier alpha value is -3.74. The van der Waals surface area contributed by atoms with E-state index in [-0.39, 0.29) is 18.0 Å². The topological polar surface area (TPSA) is 73.0 Å². The van der Waals surface area contributed by atoms with Crippen LogP contribution in [0.25, 0.3) is 16.5 Å². The minimum absolute atomic E-state index is 0.103. The predicted molar refractivity (Wildman–Crippen MR) is 111 cm³/mol. The summed E-state index contributed by atoms with van der Waals surface area (Å²) in [7, 11) is 1.71. The molecule has 0 aliphatic heterocycles. The molecule has 7 nitrogen and oxygen atoms in total. The van der Waals surface area contributed by atoms with Gasteiger partial charge in [-0.15, -0.1) is 0 Å². The van der Waals surface area contributed by atoms with Gasteiger partial charge >= 0.3 is 0 Å². The predicted octanol–water partition coefficient (Wildman–Crippen LogP) is 2.55. The molecular weight excluding hydrogens is 366 g/mol. The molecule has 7 heteroatoms. The fourth-order valence-electron chi connectivity index (χ4n) is 3.29. The molecule has 2 heterocycles. The van der Waals surface area contributed by atoms with Crippen molar-refractivity contribution in [3.05, 3.63) is 88.6 Å². The van der Waals surface area contributed by atoms with E-state index < -0.39 is 0 Å². The Balaban J connectivity index is 1.49. The van der Waals surface area contributed by atoms with E-state index in [1.165, 1.54) is 4.68 Å². The van der Waals surface area contributed by atoms with E-state index in [1.807, 2.05) is 61.7 Å². The van der Waals surface area contributed by atoms with E-state index in [4.69, 9.17) is 0 Å². The second kappa shape index (κ2) is 7.71. The van der Waals surface area contributed by atoms with Crippen molar-refractivity contribution in [2.45, 2.75) is 20.0 Å². The number of fused-ring (bicyclic) bond motifs is 1. The molecule has 0 saturated heterocycles. The Morgan fingerprint density at radius 2 is 1.72 bits per heavy atom. The first-order valence-electron chi connectivity index (χ1n) is 9.32. The van der Waals surface area contributed by atoms with Crippen LogP contribution in [0.15, 0.2) is 71.8 Å². The minimum Gasteiger partial charge on any atom is -0.340 e. The fraction of sp³-hybridized carbons (Fsp3) is 0.182. The van der Waals surface area contributed by atoms with Crippen LogP contribution < -0.4 is 5.56 Å². The number of hydrogen-bond donors (Lipinski definition) is 0. The third-order valence-electron chi connectivity index (χ3n) is 4.84. The lowest BCUT2D eigenvalue weighted by atomic mass is 10.1. The van der Waals surface area contributed by atoms with Crippen LogP contribution in [0.3, 0.4) is 0 Å². The van der Waals surface area contributed by atoms with E-state index in [1.54, 1.807) is 28.9 Å². The van der Waals surface area contributed by atoms with E-state index >= 15 is 0 Å². The zero-order valence-electron chi connectivity index (χ0n) is 16.3. The van der Waals surface area contributed by atoms with Gasteiger partial charge in [-0.25, -0.2) is 9.36 Å². The quantitative estimate of drug-likeness (QED) is 0.528. The molecule has 29 heavy (non-hydrogen) atoms. The van der Waals surface area contributed by atoms with Gasteiger partial charge in [0.2, 0.25) is 5.91 Å². The molecule has 4 aromatic rings. The average Bonchev–Trinajstić information content (AvgIpc) is 3.21. The van der Waals surface area contributed by atoms with Crippen LogP contribution in [-0.4, -0.2) is 37.4 Å². The number of likely N-dealkylation sites (N-methyl/N-ethyl adjacent to an activating group) is 1. The van der Waals surface area contributed by atoms with Crippen molar-refractivity contribution in [1.82, 2.24) is 24.5 Å². The molecule has 0 atom stereocenters. The first kappa shape index (κ1) is 18.6. The van der Waals surface area contributed by atoms with Crippen LogP contribution >= 0.6 is 0 Å². The number of aromatic nitrogens is 4. The highest BCUT2D eigenvalue weighted by Gasteiger charge is 2.15. The van der Waals surface area contributed by atoms with Crippen molar-refractivity contribution in [1.29, 1.82) is 0 Å². The van der Waals surface area contributed by atoms with Gasteiger partial charge in [-0.1, -0.05) is 36.4 Å². The monoisotopic (exact) mass is 387 g/mol. The van der Waals surface area contributed by atoms with Gasteiger partial charge in [0, 0.05) is 30.7 Å². The first-order chi connectivity index (χ1) is 14.0. The second-order valence-electron chi connectivity index (χ2n) is 6.97. The van der Waals surface area contributed by atoms with Gasteiger partial charge in [-0.3, -0.25) is 9.59 Å². The molecule has 2 aromatic heterocycles. The van der Waals surface area contributed by atoms with Gasteiger partial charge in [0.05, 0.1) is 23.0 Å². The molecule has 0 radical (unpaired) electrons. The lowest BCUT2D eigenvalue weighted by Gasteiger charge is -2.17. The summed E-state index contributed by atoms with van der Waals surface area (Å²) in [5, 5.41) is 10.0. The number of rotatable bonds is 5. The molecule has 4 rings (SSSR count). The Morgan fingerprint density at radius 1 is 1.03 bits per heavy atom. The summed E-state index contributed by atoms with van der Waals surface area (Å²) in [4.78, 5) is 26.9. The molecule has 0 spiro atoms. The first-order valence-corrected chi connectivity index (χ1v) is 9.32. The maximum Gasteiger partial charge on any atom is 0.275 e. The number of para-hydroxylation sites is 1. The highest BCUT2D eigenvalue weighted by Crippen LogP contribution is 2.12. The average molecular weight is 387 g/mol. The Bertz CT molecular complexity index is 1230. The number of nitrogens with zero attached hydrogens (tertiary/aromatic N) is 5. The Kier molecular flexibility index (Phi) is 4.95. The van der Waals surface area contributed by atoms with Gasteiger partial charge in [0.15, 0.2) is 0 Å². The number of benzene rings is 2. The number of carbonyl (C=O) groups is 1. The molecule has 0 aliphatic rings. The van der Waals surface area contributed by atoms with E-state index in [0.29, 0.717) is 11.9 Å². The smallest absolute Gasteiger partial charge is 0.275 e. The van der Waals surface area contributed by atoms with Gasteiger partial charge in [-0.2, -0.15) is 10.2 Å². The van der Waals surface area contributed by atoms with Crippen LogP contribution in [0.2, 0.25) is 0 Å². The largest absolute Gasteiger partial charge is 0.340 e. The summed E-state index contributed by atoms with van der Waals surface area (Å²) in [5.41, 5.74) is 2.32. The summed E-state index contributed by atoms with van der Waals surface area (Å²) < 4.78 is 3.01. The highest BCUT2D eigenvalue weighted by molar-refractivity contribution is 5.83. The van der Waals surface area contributed by atoms with Crippen LogP contribution in [0.5, 0.6) is 0 Å². The zero-order chi connectivity index (χ0) is 20.4. The molecule has 146 valence electrons. The number of hydrogen-bond acceptors (Lipinski definition) is 4. The van der Waals surface area contributed by atoms with Crippen molar-refractivity contribution in [3.8, 4) is 5.69 Å². The second-order valence-corrected chi connectivity index (χ2v) is 6.97. The SMILES string of the molecule is Cc1nn(CC(=O)N(C)Cc2cnn(-c3ccccc3)c2)c(=O)c2ccccc12. The third-order valence-corrected chi connectivity index (χ3v) is 4.84. The highest BCUT2D eigenvalue weighted by atomic mass is 16.2. The van der Waals surface area contributed by atoms with Crippen LogP contribution in [0.1, 0.15) is 11.3 Å². The number of aryl methyl sites for hydroxylation is 1. The number of amides is 1. The van der Waals surface area contributed by atoms with Crippen molar-refractivity contribution in [3.63, 3.8) is 0 Å². The Morgan fingerprint density at radius 3 is 2.48 bits per heavy atom. The molecule has 2 aromatic carbocycles.